The molecule has 2 aromatic carbocycles. The van der Waals surface area contributed by atoms with Gasteiger partial charge in [-0.1, -0.05) is 37.3 Å². The number of hydrogen-bond acceptors (Lipinski definition) is 3. The molecule has 1 amide bonds. The Balaban J connectivity index is 1.48. The first-order valence-corrected chi connectivity index (χ1v) is 13.1. The molecule has 7 nitrogen and oxygen atoms in total. The van der Waals surface area contributed by atoms with Crippen LogP contribution in [0.4, 0.5) is 5.82 Å². The topological polar surface area (TPSA) is 91.2 Å². The zero-order valence-electron chi connectivity index (χ0n) is 21.9. The Morgan fingerprint density at radius 2 is 1.73 bits per heavy atom. The molecule has 1 fully saturated rings. The number of rotatable bonds is 6. The van der Waals surface area contributed by atoms with Gasteiger partial charge in [-0.25, -0.2) is 9.48 Å². The second kappa shape index (κ2) is 9.88. The number of aromatic amines is 1. The molecule has 0 bridgehead atoms. The lowest BCUT2D eigenvalue weighted by Crippen LogP contribution is -2.43. The van der Waals surface area contributed by atoms with Crippen LogP contribution in [0.25, 0.3) is 27.8 Å². The van der Waals surface area contributed by atoms with Crippen LogP contribution >= 0.6 is 0 Å². The molecule has 0 unspecified atom stereocenters. The van der Waals surface area contributed by atoms with Crippen LogP contribution in [-0.2, 0) is 4.79 Å². The van der Waals surface area contributed by atoms with Gasteiger partial charge in [0.15, 0.2) is 5.82 Å². The summed E-state index contributed by atoms with van der Waals surface area (Å²) >= 11 is 0. The Hall–Kier alpha value is -3.87. The Morgan fingerprint density at radius 3 is 2.35 bits per heavy atom. The normalized spacial score (nSPS) is 17.9. The van der Waals surface area contributed by atoms with Crippen molar-refractivity contribution in [2.75, 3.05) is 4.90 Å². The van der Waals surface area contributed by atoms with Gasteiger partial charge in [0, 0.05) is 34.8 Å². The summed E-state index contributed by atoms with van der Waals surface area (Å²) < 4.78 is 1.56. The SMILES string of the molecule is Cc1c(-c2ccc(-n3cc(C(=O)O)c(N(C(=O)[C@H]4CC[C@H](C)CC4)C(C)C)n3)cc2)[nH]c2ccccc12. The van der Waals surface area contributed by atoms with E-state index in [0.29, 0.717) is 5.92 Å². The highest BCUT2D eigenvalue weighted by Gasteiger charge is 2.34. The molecule has 0 radical (unpaired) electrons. The number of para-hydroxylation sites is 1. The Labute approximate surface area is 217 Å². The third kappa shape index (κ3) is 4.66. The number of hydrogen-bond donors (Lipinski definition) is 2. The summed E-state index contributed by atoms with van der Waals surface area (Å²) in [7, 11) is 0. The van der Waals surface area contributed by atoms with Gasteiger partial charge in [0.25, 0.3) is 0 Å². The first kappa shape index (κ1) is 24.8. The molecule has 1 saturated carbocycles. The van der Waals surface area contributed by atoms with Crippen LogP contribution in [0.1, 0.15) is 62.4 Å². The van der Waals surface area contributed by atoms with Crippen molar-refractivity contribution in [1.82, 2.24) is 14.8 Å². The van der Waals surface area contributed by atoms with Crippen LogP contribution in [0, 0.1) is 18.8 Å². The first-order chi connectivity index (χ1) is 17.7. The number of H-pyrrole nitrogens is 1. The van der Waals surface area contributed by atoms with Crippen molar-refractivity contribution in [3.63, 3.8) is 0 Å². The fraction of sp³-hybridized carbons (Fsp3) is 0.367. The fourth-order valence-electron chi connectivity index (χ4n) is 5.48. The van der Waals surface area contributed by atoms with Crippen molar-refractivity contribution in [3.05, 3.63) is 65.9 Å². The Morgan fingerprint density at radius 1 is 1.05 bits per heavy atom. The van der Waals surface area contributed by atoms with E-state index in [-0.39, 0.29) is 29.2 Å². The van der Waals surface area contributed by atoms with Gasteiger partial charge in [-0.3, -0.25) is 9.69 Å². The first-order valence-electron chi connectivity index (χ1n) is 13.1. The highest BCUT2D eigenvalue weighted by Crippen LogP contribution is 2.33. The minimum atomic E-state index is -1.10. The molecule has 1 aliphatic rings. The molecular weight excluding hydrogens is 464 g/mol. The lowest BCUT2D eigenvalue weighted by atomic mass is 9.82. The van der Waals surface area contributed by atoms with Crippen molar-refractivity contribution in [2.24, 2.45) is 11.8 Å². The van der Waals surface area contributed by atoms with Crippen LogP contribution in [0.5, 0.6) is 0 Å². The number of nitrogens with one attached hydrogen (secondary N) is 1. The summed E-state index contributed by atoms with van der Waals surface area (Å²) in [6.07, 6.45) is 5.21. The lowest BCUT2D eigenvalue weighted by molar-refractivity contribution is -0.124. The quantitative estimate of drug-likeness (QED) is 0.313. The number of anilines is 1. The predicted molar refractivity (Wildman–Crippen MR) is 146 cm³/mol. The van der Waals surface area contributed by atoms with E-state index < -0.39 is 5.97 Å². The van der Waals surface area contributed by atoms with Crippen LogP contribution in [0.3, 0.4) is 0 Å². The molecule has 192 valence electrons. The zero-order chi connectivity index (χ0) is 26.3. The summed E-state index contributed by atoms with van der Waals surface area (Å²) in [5, 5.41) is 15.8. The van der Waals surface area contributed by atoms with Crippen molar-refractivity contribution in [1.29, 1.82) is 0 Å². The van der Waals surface area contributed by atoms with Gasteiger partial charge in [-0.2, -0.15) is 0 Å². The standard InChI is InChI=1S/C30H34N4O3/c1-18(2)34(29(35)22-11-9-19(3)10-12-22)28-25(30(36)37)17-33(32-28)23-15-13-21(14-16-23)27-20(4)24-7-5-6-8-26(24)31-27/h5-8,13-19,22,31H,9-12H2,1-4H3,(H,36,37)/t19-,22-. The van der Waals surface area contributed by atoms with E-state index >= 15 is 0 Å². The van der Waals surface area contributed by atoms with Crippen molar-refractivity contribution < 1.29 is 14.7 Å². The number of fused-ring (bicyclic) bond motifs is 1. The largest absolute Gasteiger partial charge is 0.477 e. The number of amides is 1. The molecule has 1 aliphatic carbocycles. The molecule has 0 saturated heterocycles. The van der Waals surface area contributed by atoms with Gasteiger partial charge in [-0.15, -0.1) is 5.10 Å². The second-order valence-electron chi connectivity index (χ2n) is 10.6. The fourth-order valence-corrected chi connectivity index (χ4v) is 5.48. The molecule has 0 aliphatic heterocycles. The predicted octanol–water partition coefficient (Wildman–Crippen LogP) is 6.59. The molecule has 5 rings (SSSR count). The number of carbonyl (C=O) groups excluding carboxylic acids is 1. The maximum atomic E-state index is 13.6. The van der Waals surface area contributed by atoms with Crippen LogP contribution in [-0.4, -0.2) is 37.8 Å². The maximum Gasteiger partial charge on any atom is 0.341 e. The summed E-state index contributed by atoms with van der Waals surface area (Å²) in [6.45, 7) is 8.14. The summed E-state index contributed by atoms with van der Waals surface area (Å²) in [4.78, 5) is 30.8. The average Bonchev–Trinajstić information content (AvgIpc) is 3.47. The molecule has 4 aromatic rings. The summed E-state index contributed by atoms with van der Waals surface area (Å²) in [5.41, 5.74) is 5.12. The monoisotopic (exact) mass is 498 g/mol. The van der Waals surface area contributed by atoms with E-state index in [0.717, 1.165) is 48.1 Å². The van der Waals surface area contributed by atoms with E-state index in [2.05, 4.69) is 36.1 Å². The number of aryl methyl sites for hydroxylation is 1. The molecule has 2 heterocycles. The lowest BCUT2D eigenvalue weighted by Gasteiger charge is -2.32. The molecular formula is C30H34N4O3. The Kier molecular flexibility index (Phi) is 6.63. The molecule has 37 heavy (non-hydrogen) atoms. The van der Waals surface area contributed by atoms with E-state index in [1.54, 1.807) is 9.58 Å². The molecule has 2 N–H and O–H groups in total. The van der Waals surface area contributed by atoms with Gasteiger partial charge in [0.2, 0.25) is 5.91 Å². The number of aromatic nitrogens is 3. The van der Waals surface area contributed by atoms with Gasteiger partial charge >= 0.3 is 5.97 Å². The van der Waals surface area contributed by atoms with E-state index in [1.807, 2.05) is 50.2 Å². The van der Waals surface area contributed by atoms with Crippen LogP contribution in [0.15, 0.2) is 54.7 Å². The summed E-state index contributed by atoms with van der Waals surface area (Å²) in [5.74, 6) is -0.381. The van der Waals surface area contributed by atoms with Crippen LogP contribution < -0.4 is 4.90 Å². The molecule has 0 atom stereocenters. The van der Waals surface area contributed by atoms with Crippen molar-refractivity contribution in [3.8, 4) is 16.9 Å². The molecule has 0 spiro atoms. The minimum Gasteiger partial charge on any atom is -0.477 e. The van der Waals surface area contributed by atoms with Crippen LogP contribution in [0.2, 0.25) is 0 Å². The number of aromatic carboxylic acids is 1. The number of nitrogens with zero attached hydrogens (tertiary/aromatic N) is 3. The number of carbonyl (C=O) groups is 2. The third-order valence-electron chi connectivity index (χ3n) is 7.66. The third-order valence-corrected chi connectivity index (χ3v) is 7.66. The molecule has 2 aromatic heterocycles. The smallest absolute Gasteiger partial charge is 0.341 e. The van der Waals surface area contributed by atoms with Crippen molar-refractivity contribution in [2.45, 2.75) is 59.4 Å². The average molecular weight is 499 g/mol. The number of carboxylic acids is 1. The zero-order valence-corrected chi connectivity index (χ0v) is 21.9. The van der Waals surface area contributed by atoms with E-state index in [1.165, 1.54) is 17.1 Å². The van der Waals surface area contributed by atoms with Crippen molar-refractivity contribution >= 4 is 28.6 Å². The second-order valence-corrected chi connectivity index (χ2v) is 10.6. The maximum absolute atomic E-state index is 13.6. The number of carboxylic acid groups (broad SMARTS) is 1. The van der Waals surface area contributed by atoms with E-state index in [9.17, 15) is 14.7 Å². The van der Waals surface area contributed by atoms with Gasteiger partial charge < -0.3 is 10.1 Å². The highest BCUT2D eigenvalue weighted by molar-refractivity contribution is 6.02. The van der Waals surface area contributed by atoms with Gasteiger partial charge in [0.1, 0.15) is 5.56 Å². The minimum absolute atomic E-state index is 0.0284. The van der Waals surface area contributed by atoms with Gasteiger partial charge in [-0.05, 0) is 81.7 Å². The number of benzene rings is 2. The highest BCUT2D eigenvalue weighted by atomic mass is 16.4. The Bertz CT molecular complexity index is 1440. The molecule has 7 heteroatoms. The summed E-state index contributed by atoms with van der Waals surface area (Å²) in [6, 6.07) is 15.9. The van der Waals surface area contributed by atoms with E-state index in [4.69, 9.17) is 0 Å². The van der Waals surface area contributed by atoms with Gasteiger partial charge in [0.05, 0.1) is 5.69 Å².